The highest BCUT2D eigenvalue weighted by atomic mass is 35.5. The largest absolute Gasteiger partial charge is 0.496 e. The average molecular weight is 477 g/mol. The fraction of sp³-hybridized carbons (Fsp3) is 0.185. The molecule has 0 spiro atoms. The summed E-state index contributed by atoms with van der Waals surface area (Å²) < 4.78 is 13.0. The van der Waals surface area contributed by atoms with Crippen molar-refractivity contribution >= 4 is 17.6 Å². The zero-order valence-corrected chi connectivity index (χ0v) is 19.7. The lowest BCUT2D eigenvalue weighted by Crippen LogP contribution is -2.10. The standard InChI is InChI=1S/C27H25ClN2O4/c1-3-18-8-13-26(34-17-27(31)32)22(14-18)23-15-24(19-9-11-21(28)12-10-19)30(29-23)16-20-6-4-5-7-25(20)33-2/h4-15H,3,16-17H2,1-2H3,(H,31,32). The van der Waals surface area contributed by atoms with Crippen molar-refractivity contribution in [2.45, 2.75) is 19.9 Å². The summed E-state index contributed by atoms with van der Waals surface area (Å²) in [7, 11) is 1.65. The fourth-order valence-electron chi connectivity index (χ4n) is 3.78. The van der Waals surface area contributed by atoms with Crippen LogP contribution in [0.25, 0.3) is 22.5 Å². The lowest BCUT2D eigenvalue weighted by Gasteiger charge is -2.12. The number of carboxylic acid groups (broad SMARTS) is 1. The number of aromatic nitrogens is 2. The molecular weight excluding hydrogens is 452 g/mol. The first kappa shape index (κ1) is 23.4. The van der Waals surface area contributed by atoms with Crippen molar-refractivity contribution in [2.75, 3.05) is 13.7 Å². The molecule has 0 saturated carbocycles. The minimum atomic E-state index is -1.03. The minimum absolute atomic E-state index is 0.426. The van der Waals surface area contributed by atoms with Gasteiger partial charge in [0.2, 0.25) is 0 Å². The van der Waals surface area contributed by atoms with Crippen LogP contribution in [0.15, 0.2) is 72.8 Å². The fourth-order valence-corrected chi connectivity index (χ4v) is 3.91. The van der Waals surface area contributed by atoms with E-state index < -0.39 is 12.6 Å². The number of benzene rings is 3. The van der Waals surface area contributed by atoms with Crippen LogP contribution in [0.1, 0.15) is 18.1 Å². The Hall–Kier alpha value is -3.77. The molecule has 0 aliphatic rings. The van der Waals surface area contributed by atoms with Gasteiger partial charge in [-0.25, -0.2) is 4.79 Å². The number of aryl methyl sites for hydroxylation is 1. The van der Waals surface area contributed by atoms with Crippen LogP contribution >= 0.6 is 11.6 Å². The van der Waals surface area contributed by atoms with E-state index in [0.717, 1.165) is 40.1 Å². The molecule has 0 unspecified atom stereocenters. The molecule has 0 amide bonds. The molecule has 0 atom stereocenters. The molecule has 174 valence electrons. The normalized spacial score (nSPS) is 10.8. The van der Waals surface area contributed by atoms with Crippen LogP contribution in [-0.4, -0.2) is 34.6 Å². The maximum Gasteiger partial charge on any atom is 0.341 e. The van der Waals surface area contributed by atoms with E-state index in [1.807, 2.05) is 71.4 Å². The maximum atomic E-state index is 11.1. The van der Waals surface area contributed by atoms with Crippen LogP contribution in [0.2, 0.25) is 5.02 Å². The van der Waals surface area contributed by atoms with Gasteiger partial charge in [0.15, 0.2) is 6.61 Å². The molecule has 1 heterocycles. The van der Waals surface area contributed by atoms with E-state index in [1.165, 1.54) is 0 Å². The topological polar surface area (TPSA) is 73.6 Å². The van der Waals surface area contributed by atoms with E-state index in [4.69, 9.17) is 31.3 Å². The van der Waals surface area contributed by atoms with Gasteiger partial charge in [-0.15, -0.1) is 0 Å². The Bertz CT molecular complexity index is 1300. The third-order valence-electron chi connectivity index (χ3n) is 5.51. The van der Waals surface area contributed by atoms with Gasteiger partial charge in [-0.2, -0.15) is 5.10 Å². The summed E-state index contributed by atoms with van der Waals surface area (Å²) in [5.41, 5.74) is 5.37. The highest BCUT2D eigenvalue weighted by molar-refractivity contribution is 6.30. The predicted octanol–water partition coefficient (Wildman–Crippen LogP) is 5.95. The number of aliphatic carboxylic acids is 1. The van der Waals surface area contributed by atoms with Crippen molar-refractivity contribution in [3.8, 4) is 34.0 Å². The van der Waals surface area contributed by atoms with Gasteiger partial charge < -0.3 is 14.6 Å². The summed E-state index contributed by atoms with van der Waals surface area (Å²) in [5.74, 6) is 0.221. The smallest absolute Gasteiger partial charge is 0.341 e. The molecule has 3 aromatic carbocycles. The second kappa shape index (κ2) is 10.4. The average Bonchev–Trinajstić information content (AvgIpc) is 3.27. The second-order valence-electron chi connectivity index (χ2n) is 7.76. The lowest BCUT2D eigenvalue weighted by molar-refractivity contribution is -0.139. The Balaban J connectivity index is 1.84. The highest BCUT2D eigenvalue weighted by Crippen LogP contribution is 2.34. The SMILES string of the molecule is CCc1ccc(OCC(=O)O)c(-c2cc(-c3ccc(Cl)cc3)n(Cc3ccccc3OC)n2)c1. The summed E-state index contributed by atoms with van der Waals surface area (Å²) in [6.45, 7) is 2.13. The van der Waals surface area contributed by atoms with Crippen LogP contribution < -0.4 is 9.47 Å². The second-order valence-corrected chi connectivity index (χ2v) is 8.19. The molecule has 34 heavy (non-hydrogen) atoms. The summed E-state index contributed by atoms with van der Waals surface area (Å²) in [6, 6.07) is 23.1. The monoisotopic (exact) mass is 476 g/mol. The number of carboxylic acids is 1. The van der Waals surface area contributed by atoms with Crippen LogP contribution in [0.4, 0.5) is 0 Å². The third kappa shape index (κ3) is 5.24. The van der Waals surface area contributed by atoms with Gasteiger partial charge >= 0.3 is 5.97 Å². The number of nitrogens with zero attached hydrogens (tertiary/aromatic N) is 2. The summed E-state index contributed by atoms with van der Waals surface area (Å²) in [4.78, 5) is 11.1. The molecule has 1 aromatic heterocycles. The number of halogens is 1. The van der Waals surface area contributed by atoms with E-state index in [0.29, 0.717) is 23.0 Å². The van der Waals surface area contributed by atoms with Gasteiger partial charge in [0.25, 0.3) is 0 Å². The molecule has 4 rings (SSSR count). The van der Waals surface area contributed by atoms with E-state index in [-0.39, 0.29) is 0 Å². The number of carbonyl (C=O) groups is 1. The molecule has 0 bridgehead atoms. The first-order chi connectivity index (χ1) is 16.5. The Morgan fingerprint density at radius 3 is 2.50 bits per heavy atom. The molecule has 0 fully saturated rings. The van der Waals surface area contributed by atoms with Crippen molar-refractivity contribution in [1.29, 1.82) is 0 Å². The summed E-state index contributed by atoms with van der Waals surface area (Å²) in [5, 5.41) is 14.7. The lowest BCUT2D eigenvalue weighted by atomic mass is 10.0. The Morgan fingerprint density at radius 2 is 1.79 bits per heavy atom. The number of hydrogen-bond donors (Lipinski definition) is 1. The van der Waals surface area contributed by atoms with E-state index in [2.05, 4.69) is 6.92 Å². The molecule has 6 nitrogen and oxygen atoms in total. The highest BCUT2D eigenvalue weighted by Gasteiger charge is 2.17. The number of ether oxygens (including phenoxy) is 2. The number of hydrogen-bond acceptors (Lipinski definition) is 4. The van der Waals surface area contributed by atoms with Crippen LogP contribution in [0, 0.1) is 0 Å². The third-order valence-corrected chi connectivity index (χ3v) is 5.76. The van der Waals surface area contributed by atoms with Crippen LogP contribution in [0.3, 0.4) is 0 Å². The van der Waals surface area contributed by atoms with Crippen LogP contribution in [0.5, 0.6) is 11.5 Å². The molecule has 0 saturated heterocycles. The van der Waals surface area contributed by atoms with E-state index in [9.17, 15) is 4.79 Å². The van der Waals surface area contributed by atoms with Crippen molar-refractivity contribution in [3.05, 3.63) is 88.9 Å². The Kier molecular flexibility index (Phi) is 7.18. The molecule has 1 N–H and O–H groups in total. The quantitative estimate of drug-likeness (QED) is 0.323. The zero-order valence-electron chi connectivity index (χ0n) is 19.0. The van der Waals surface area contributed by atoms with Crippen LogP contribution in [-0.2, 0) is 17.8 Å². The van der Waals surface area contributed by atoms with E-state index in [1.54, 1.807) is 13.2 Å². The van der Waals surface area contributed by atoms with Gasteiger partial charge in [0.05, 0.1) is 25.0 Å². The molecule has 4 aromatic rings. The van der Waals surface area contributed by atoms with Gasteiger partial charge in [-0.3, -0.25) is 4.68 Å². The number of methoxy groups -OCH3 is 1. The van der Waals surface area contributed by atoms with Crippen molar-refractivity contribution in [1.82, 2.24) is 9.78 Å². The first-order valence-electron chi connectivity index (χ1n) is 10.9. The predicted molar refractivity (Wildman–Crippen MR) is 133 cm³/mol. The van der Waals surface area contributed by atoms with Gasteiger partial charge in [0, 0.05) is 16.1 Å². The summed E-state index contributed by atoms with van der Waals surface area (Å²) in [6.07, 6.45) is 0.832. The maximum absolute atomic E-state index is 11.1. The van der Waals surface area contributed by atoms with Crippen molar-refractivity contribution < 1.29 is 19.4 Å². The van der Waals surface area contributed by atoms with Crippen molar-refractivity contribution in [2.24, 2.45) is 0 Å². The first-order valence-corrected chi connectivity index (χ1v) is 11.3. The minimum Gasteiger partial charge on any atom is -0.496 e. The Labute approximate surface area is 203 Å². The molecule has 0 aliphatic heterocycles. The van der Waals surface area contributed by atoms with Gasteiger partial charge in [0.1, 0.15) is 11.5 Å². The number of rotatable bonds is 9. The van der Waals surface area contributed by atoms with Gasteiger partial charge in [-0.05, 0) is 53.9 Å². The Morgan fingerprint density at radius 1 is 1.03 bits per heavy atom. The molecule has 7 heteroatoms. The van der Waals surface area contributed by atoms with Gasteiger partial charge in [-0.1, -0.05) is 54.9 Å². The molecular formula is C27H25ClN2O4. The zero-order chi connectivity index (χ0) is 24.1. The van der Waals surface area contributed by atoms with E-state index >= 15 is 0 Å². The summed E-state index contributed by atoms with van der Waals surface area (Å²) >= 11 is 6.12. The molecule has 0 aliphatic carbocycles. The van der Waals surface area contributed by atoms with Crippen molar-refractivity contribution in [3.63, 3.8) is 0 Å². The molecule has 0 radical (unpaired) electrons. The number of para-hydroxylation sites is 1.